The molecule has 7 nitrogen and oxygen atoms in total. The number of benzene rings is 3. The number of nitrogens with one attached hydrogen (secondary N) is 2. The summed E-state index contributed by atoms with van der Waals surface area (Å²) >= 11 is 10.4. The molecule has 0 bridgehead atoms. The summed E-state index contributed by atoms with van der Waals surface area (Å²) in [6, 6.07) is 16.4. The number of fused-ring (bicyclic) bond motifs is 1. The topological polar surface area (TPSA) is 101 Å². The Morgan fingerprint density at radius 3 is 2.59 bits per heavy atom. The van der Waals surface area contributed by atoms with Crippen molar-refractivity contribution in [2.24, 2.45) is 0 Å². The minimum Gasteiger partial charge on any atom is -0.345 e. The molecule has 2 N–H and O–H groups in total. The first-order valence-corrected chi connectivity index (χ1v) is 12.7. The second-order valence-corrected chi connectivity index (χ2v) is 10.5. The maximum Gasteiger partial charge on any atom is 0.264 e. The van der Waals surface area contributed by atoms with Crippen molar-refractivity contribution >= 4 is 71.9 Å². The highest BCUT2D eigenvalue weighted by Crippen LogP contribution is 2.28. The number of nitrogens with zero attached hydrogens (tertiary/aromatic N) is 2. The second kappa shape index (κ2) is 9.14. The van der Waals surface area contributed by atoms with Crippen LogP contribution in [0.5, 0.6) is 0 Å². The summed E-state index contributed by atoms with van der Waals surface area (Å²) < 4.78 is 37.8. The van der Waals surface area contributed by atoms with Gasteiger partial charge in [-0.2, -0.15) is 8.75 Å². The van der Waals surface area contributed by atoms with Gasteiger partial charge in [0, 0.05) is 9.50 Å². The van der Waals surface area contributed by atoms with Crippen molar-refractivity contribution in [2.45, 2.75) is 17.9 Å². The minimum absolute atomic E-state index is 0.0293. The predicted octanol–water partition coefficient (Wildman–Crippen LogP) is 5.40. The molecule has 0 aliphatic rings. The number of rotatable bonds is 6. The van der Waals surface area contributed by atoms with Crippen LogP contribution in [0.2, 0.25) is 5.02 Å². The van der Waals surface area contributed by atoms with Crippen molar-refractivity contribution in [1.29, 1.82) is 0 Å². The molecule has 0 aliphatic carbocycles. The fourth-order valence-electron chi connectivity index (χ4n) is 3.11. The quantitative estimate of drug-likeness (QED) is 0.334. The summed E-state index contributed by atoms with van der Waals surface area (Å²) in [5.41, 5.74) is 1.86. The third-order valence-electron chi connectivity index (χ3n) is 4.73. The van der Waals surface area contributed by atoms with E-state index in [1.165, 1.54) is 24.3 Å². The van der Waals surface area contributed by atoms with Gasteiger partial charge in [0.15, 0.2) is 0 Å². The monoisotopic (exact) mass is 550 g/mol. The largest absolute Gasteiger partial charge is 0.345 e. The predicted molar refractivity (Wildman–Crippen MR) is 130 cm³/mol. The molecule has 0 unspecified atom stereocenters. The molecule has 3 aromatic carbocycles. The lowest BCUT2D eigenvalue weighted by molar-refractivity contribution is 0.0941. The first-order valence-electron chi connectivity index (χ1n) is 9.34. The van der Waals surface area contributed by atoms with Gasteiger partial charge in [0.25, 0.3) is 15.9 Å². The number of sulfonamides is 1. The van der Waals surface area contributed by atoms with E-state index in [0.717, 1.165) is 21.8 Å². The van der Waals surface area contributed by atoms with E-state index < -0.39 is 15.9 Å². The molecular weight excluding hydrogens is 536 g/mol. The van der Waals surface area contributed by atoms with Crippen LogP contribution in [0.15, 0.2) is 70.0 Å². The molecule has 0 saturated carbocycles. The van der Waals surface area contributed by atoms with E-state index in [2.05, 4.69) is 34.7 Å². The molecular formula is C21H16BrClN4O3S2. The van der Waals surface area contributed by atoms with Crippen molar-refractivity contribution in [3.63, 3.8) is 0 Å². The Morgan fingerprint density at radius 2 is 1.84 bits per heavy atom. The van der Waals surface area contributed by atoms with E-state index in [1.807, 2.05) is 31.2 Å². The van der Waals surface area contributed by atoms with Crippen molar-refractivity contribution in [1.82, 2.24) is 14.1 Å². The third-order valence-corrected chi connectivity index (χ3v) is 7.43. The number of aromatic nitrogens is 2. The molecule has 0 spiro atoms. The molecule has 1 amide bonds. The average Bonchev–Trinajstić information content (AvgIpc) is 3.22. The summed E-state index contributed by atoms with van der Waals surface area (Å²) in [5, 5.41) is 3.18. The summed E-state index contributed by atoms with van der Waals surface area (Å²) in [5.74, 6) is -0.441. The van der Waals surface area contributed by atoms with Gasteiger partial charge in [-0.15, -0.1) is 0 Å². The van der Waals surface area contributed by atoms with Crippen LogP contribution in [0.25, 0.3) is 11.0 Å². The van der Waals surface area contributed by atoms with E-state index in [0.29, 0.717) is 5.52 Å². The lowest BCUT2D eigenvalue weighted by atomic mass is 10.1. The van der Waals surface area contributed by atoms with Gasteiger partial charge in [-0.1, -0.05) is 45.7 Å². The molecule has 4 aromatic rings. The fraction of sp³-hybridized carbons (Fsp3) is 0.0952. The standard InChI is InChI=1S/C21H16BrClN4O3S2/c1-12(13-5-7-14(22)8-6-13)24-21(28)16-10-9-15(23)11-18(16)27-32(29,30)19-4-2-3-17-20(19)26-31-25-17/h2-12,27H,1H3,(H,24,28)/t12-/m1/s1. The summed E-state index contributed by atoms with van der Waals surface area (Å²) in [6.45, 7) is 1.84. The maximum atomic E-state index is 13.1. The Kier molecular flexibility index (Phi) is 6.47. The van der Waals surface area contributed by atoms with Crippen molar-refractivity contribution in [3.8, 4) is 0 Å². The van der Waals surface area contributed by atoms with E-state index in [9.17, 15) is 13.2 Å². The average molecular weight is 552 g/mol. The van der Waals surface area contributed by atoms with E-state index in [4.69, 9.17) is 11.6 Å². The molecule has 0 aliphatic heterocycles. The van der Waals surface area contributed by atoms with Crippen LogP contribution < -0.4 is 10.0 Å². The molecule has 1 atom stereocenters. The Hall–Kier alpha value is -2.53. The van der Waals surface area contributed by atoms with E-state index in [1.54, 1.807) is 12.1 Å². The number of carbonyl (C=O) groups excluding carboxylic acids is 1. The molecule has 4 rings (SSSR count). The number of anilines is 1. The Morgan fingerprint density at radius 1 is 1.09 bits per heavy atom. The smallest absolute Gasteiger partial charge is 0.264 e. The highest BCUT2D eigenvalue weighted by Gasteiger charge is 2.23. The SMILES string of the molecule is C[C@@H](NC(=O)c1ccc(Cl)cc1NS(=O)(=O)c1cccc2nsnc12)c1ccc(Br)cc1. The minimum atomic E-state index is -4.06. The zero-order valence-electron chi connectivity index (χ0n) is 16.5. The van der Waals surface area contributed by atoms with Crippen LogP contribution in [-0.2, 0) is 10.0 Å². The van der Waals surface area contributed by atoms with Crippen LogP contribution in [0.4, 0.5) is 5.69 Å². The first-order chi connectivity index (χ1) is 15.2. The van der Waals surface area contributed by atoms with Gasteiger partial charge < -0.3 is 5.32 Å². The zero-order chi connectivity index (χ0) is 22.9. The first kappa shape index (κ1) is 22.7. The Balaban J connectivity index is 1.64. The third kappa shape index (κ3) is 4.78. The van der Waals surface area contributed by atoms with Crippen molar-refractivity contribution < 1.29 is 13.2 Å². The highest BCUT2D eigenvalue weighted by molar-refractivity contribution is 9.10. The lowest BCUT2D eigenvalue weighted by Crippen LogP contribution is -2.28. The summed E-state index contributed by atoms with van der Waals surface area (Å²) in [7, 11) is -4.06. The van der Waals surface area contributed by atoms with E-state index >= 15 is 0 Å². The molecule has 0 saturated heterocycles. The van der Waals surface area contributed by atoms with Crippen LogP contribution in [0.3, 0.4) is 0 Å². The van der Waals surface area contributed by atoms with Crippen molar-refractivity contribution in [2.75, 3.05) is 4.72 Å². The number of halogens is 2. The van der Waals surface area contributed by atoms with Gasteiger partial charge >= 0.3 is 0 Å². The molecule has 1 heterocycles. The van der Waals surface area contributed by atoms with E-state index in [-0.39, 0.29) is 32.7 Å². The van der Waals surface area contributed by atoms with Gasteiger partial charge in [0.2, 0.25) is 0 Å². The maximum absolute atomic E-state index is 13.1. The number of hydrogen-bond acceptors (Lipinski definition) is 6. The summed E-state index contributed by atoms with van der Waals surface area (Å²) in [4.78, 5) is 13.0. The Labute approximate surface area is 202 Å². The van der Waals surface area contributed by atoms with Crippen molar-refractivity contribution in [3.05, 3.63) is 81.3 Å². The van der Waals surface area contributed by atoms with Gasteiger partial charge in [-0.25, -0.2) is 8.42 Å². The fourth-order valence-corrected chi connectivity index (χ4v) is 5.38. The molecule has 0 fully saturated rings. The number of carbonyl (C=O) groups is 1. The molecule has 11 heteroatoms. The lowest BCUT2D eigenvalue weighted by Gasteiger charge is -2.17. The molecule has 32 heavy (non-hydrogen) atoms. The van der Waals surface area contributed by atoms with Gasteiger partial charge in [-0.05, 0) is 55.0 Å². The normalized spacial score (nSPS) is 12.5. The van der Waals surface area contributed by atoms with Gasteiger partial charge in [0.1, 0.15) is 15.9 Å². The summed E-state index contributed by atoms with van der Waals surface area (Å²) in [6.07, 6.45) is 0. The van der Waals surface area contributed by atoms with Crippen LogP contribution >= 0.6 is 39.3 Å². The van der Waals surface area contributed by atoms with Crippen LogP contribution in [0, 0.1) is 0 Å². The zero-order valence-corrected chi connectivity index (χ0v) is 20.5. The van der Waals surface area contributed by atoms with Crippen LogP contribution in [0.1, 0.15) is 28.9 Å². The number of amides is 1. The van der Waals surface area contributed by atoms with Gasteiger partial charge in [0.05, 0.1) is 29.0 Å². The highest BCUT2D eigenvalue weighted by atomic mass is 79.9. The molecule has 164 valence electrons. The second-order valence-electron chi connectivity index (χ2n) is 6.93. The molecule has 0 radical (unpaired) electrons. The van der Waals surface area contributed by atoms with Gasteiger partial charge in [-0.3, -0.25) is 9.52 Å². The number of hydrogen-bond donors (Lipinski definition) is 2. The Bertz CT molecular complexity index is 1410. The van der Waals surface area contributed by atoms with Crippen LogP contribution in [-0.4, -0.2) is 23.1 Å². The molecule has 1 aromatic heterocycles.